The minimum atomic E-state index is -0.752. The van der Waals surface area contributed by atoms with Gasteiger partial charge in [-0.05, 0) is 31.1 Å². The molecule has 31 heavy (non-hydrogen) atoms. The van der Waals surface area contributed by atoms with E-state index in [1.165, 1.54) is 4.90 Å². The molecule has 0 aromatic heterocycles. The Labute approximate surface area is 180 Å². The van der Waals surface area contributed by atoms with Crippen molar-refractivity contribution in [3.63, 3.8) is 0 Å². The predicted molar refractivity (Wildman–Crippen MR) is 120 cm³/mol. The van der Waals surface area contributed by atoms with Crippen molar-refractivity contribution < 1.29 is 19.8 Å². The predicted octanol–water partition coefficient (Wildman–Crippen LogP) is 3.53. The van der Waals surface area contributed by atoms with Gasteiger partial charge in [-0.25, -0.2) is 0 Å². The summed E-state index contributed by atoms with van der Waals surface area (Å²) < 4.78 is 0. The second kappa shape index (κ2) is 8.24. The lowest BCUT2D eigenvalue weighted by molar-refractivity contribution is -0.140. The summed E-state index contributed by atoms with van der Waals surface area (Å²) in [5.41, 5.74) is 0.841. The van der Waals surface area contributed by atoms with Crippen molar-refractivity contribution in [3.8, 4) is 5.75 Å². The molecule has 0 radical (unpaired) electrons. The molecule has 1 amide bonds. The Hall–Kier alpha value is -3.64. The van der Waals surface area contributed by atoms with Gasteiger partial charge in [-0.15, -0.1) is 0 Å². The molecular formula is C25H24N2O4. The van der Waals surface area contributed by atoms with Gasteiger partial charge in [-0.1, -0.05) is 60.7 Å². The fourth-order valence-corrected chi connectivity index (χ4v) is 3.99. The van der Waals surface area contributed by atoms with Crippen molar-refractivity contribution in [3.05, 3.63) is 83.4 Å². The monoisotopic (exact) mass is 416 g/mol. The highest BCUT2D eigenvalue weighted by Gasteiger charge is 2.46. The molecule has 0 unspecified atom stereocenters. The molecule has 3 aromatic carbocycles. The molecule has 3 aromatic rings. The number of nitrogens with zero attached hydrogens (tertiary/aromatic N) is 2. The zero-order chi connectivity index (χ0) is 22.1. The Morgan fingerprint density at radius 1 is 0.968 bits per heavy atom. The molecule has 158 valence electrons. The smallest absolute Gasteiger partial charge is 0.295 e. The molecule has 1 heterocycles. The van der Waals surface area contributed by atoms with Crippen LogP contribution in [0.15, 0.2) is 72.3 Å². The number of ketones is 1. The van der Waals surface area contributed by atoms with Crippen LogP contribution in [0.1, 0.15) is 17.2 Å². The molecule has 4 rings (SSSR count). The average molecular weight is 416 g/mol. The van der Waals surface area contributed by atoms with Gasteiger partial charge in [-0.2, -0.15) is 0 Å². The first-order valence-corrected chi connectivity index (χ1v) is 10.1. The zero-order valence-corrected chi connectivity index (χ0v) is 17.4. The van der Waals surface area contributed by atoms with Gasteiger partial charge in [-0.3, -0.25) is 9.59 Å². The number of amides is 1. The number of carbonyl (C=O) groups is 2. The highest BCUT2D eigenvalue weighted by Crippen LogP contribution is 2.41. The summed E-state index contributed by atoms with van der Waals surface area (Å²) in [6.07, 6.45) is 0. The van der Waals surface area contributed by atoms with Crippen molar-refractivity contribution in [2.45, 2.75) is 6.04 Å². The van der Waals surface area contributed by atoms with Gasteiger partial charge in [0.05, 0.1) is 17.2 Å². The SMILES string of the molecule is CN(C)CCN1C(=O)C(=O)C(=C(O)c2ccc3ccccc3c2O)[C@@H]1c1ccccc1. The maximum absolute atomic E-state index is 13.0. The van der Waals surface area contributed by atoms with Gasteiger partial charge >= 0.3 is 0 Å². The highest BCUT2D eigenvalue weighted by atomic mass is 16.3. The molecule has 2 N–H and O–H groups in total. The summed E-state index contributed by atoms with van der Waals surface area (Å²) in [6.45, 7) is 0.898. The number of benzene rings is 3. The number of aliphatic hydroxyl groups excluding tert-OH is 1. The Kier molecular flexibility index (Phi) is 5.48. The summed E-state index contributed by atoms with van der Waals surface area (Å²) in [6, 6.07) is 19.0. The van der Waals surface area contributed by atoms with Crippen LogP contribution in [0, 0.1) is 0 Å². The molecule has 0 saturated carbocycles. The van der Waals surface area contributed by atoms with Crippen LogP contribution in [0.5, 0.6) is 5.75 Å². The van der Waals surface area contributed by atoms with Crippen LogP contribution < -0.4 is 0 Å². The number of carbonyl (C=O) groups excluding carboxylic acids is 2. The van der Waals surface area contributed by atoms with Gasteiger partial charge in [0.2, 0.25) is 0 Å². The Morgan fingerprint density at radius 3 is 2.35 bits per heavy atom. The van der Waals surface area contributed by atoms with Gasteiger partial charge in [0.15, 0.2) is 0 Å². The van der Waals surface area contributed by atoms with E-state index in [9.17, 15) is 19.8 Å². The van der Waals surface area contributed by atoms with Crippen molar-refractivity contribution >= 4 is 28.2 Å². The van der Waals surface area contributed by atoms with E-state index in [0.29, 0.717) is 18.5 Å². The van der Waals surface area contributed by atoms with Crippen molar-refractivity contribution in [1.29, 1.82) is 0 Å². The third-order valence-corrected chi connectivity index (χ3v) is 5.60. The van der Waals surface area contributed by atoms with E-state index in [2.05, 4.69) is 0 Å². The second-order valence-corrected chi connectivity index (χ2v) is 7.89. The first-order chi connectivity index (χ1) is 14.9. The number of phenols is 1. The van der Waals surface area contributed by atoms with Crippen LogP contribution in [-0.2, 0) is 9.59 Å². The van der Waals surface area contributed by atoms with Gasteiger partial charge in [0.1, 0.15) is 11.5 Å². The quantitative estimate of drug-likeness (QED) is 0.378. The minimum Gasteiger partial charge on any atom is -0.507 e. The number of aromatic hydroxyl groups is 1. The van der Waals surface area contributed by atoms with E-state index < -0.39 is 17.7 Å². The van der Waals surface area contributed by atoms with E-state index in [-0.39, 0.29) is 22.6 Å². The lowest BCUT2D eigenvalue weighted by Crippen LogP contribution is -2.35. The van der Waals surface area contributed by atoms with Gasteiger partial charge < -0.3 is 20.0 Å². The first-order valence-electron chi connectivity index (χ1n) is 10.1. The molecule has 6 heteroatoms. The van der Waals surface area contributed by atoms with Crippen LogP contribution in [0.3, 0.4) is 0 Å². The summed E-state index contributed by atoms with van der Waals surface area (Å²) >= 11 is 0. The normalized spacial score (nSPS) is 18.3. The molecule has 1 saturated heterocycles. The fraction of sp³-hybridized carbons (Fsp3) is 0.200. The summed E-state index contributed by atoms with van der Waals surface area (Å²) in [5, 5.41) is 23.4. The van der Waals surface area contributed by atoms with Crippen molar-refractivity contribution in [1.82, 2.24) is 9.80 Å². The number of hydrogen-bond donors (Lipinski definition) is 2. The molecular weight excluding hydrogens is 392 g/mol. The van der Waals surface area contributed by atoms with Crippen LogP contribution >= 0.6 is 0 Å². The number of aliphatic hydroxyl groups is 1. The standard InChI is InChI=1S/C25H24N2O4/c1-26(2)14-15-27-21(17-9-4-3-5-10-17)20(24(30)25(27)31)23(29)19-13-12-16-8-6-7-11-18(16)22(19)28/h3-13,21,28-29H,14-15H2,1-2H3/t21-/m0/s1. The van der Waals surface area contributed by atoms with E-state index in [1.807, 2.05) is 61.5 Å². The number of phenolic OH excluding ortho intramolecular Hbond substituents is 1. The van der Waals surface area contributed by atoms with E-state index >= 15 is 0 Å². The molecule has 1 atom stereocenters. The number of likely N-dealkylation sites (tertiary alicyclic amines) is 1. The van der Waals surface area contributed by atoms with E-state index in [0.717, 1.165) is 10.9 Å². The van der Waals surface area contributed by atoms with Crippen LogP contribution in [0.4, 0.5) is 0 Å². The average Bonchev–Trinajstić information content (AvgIpc) is 3.03. The number of fused-ring (bicyclic) bond motifs is 1. The minimum absolute atomic E-state index is 0.0134. The van der Waals surface area contributed by atoms with E-state index in [1.54, 1.807) is 24.3 Å². The topological polar surface area (TPSA) is 81.1 Å². The lowest BCUT2D eigenvalue weighted by atomic mass is 9.94. The molecule has 0 bridgehead atoms. The van der Waals surface area contributed by atoms with E-state index in [4.69, 9.17) is 0 Å². The largest absolute Gasteiger partial charge is 0.507 e. The van der Waals surface area contributed by atoms with Gasteiger partial charge in [0, 0.05) is 18.5 Å². The first kappa shape index (κ1) is 20.6. The number of rotatable bonds is 5. The number of Topliss-reactive ketones (excluding diaryl/α,β-unsaturated/α-hetero) is 1. The van der Waals surface area contributed by atoms with Crippen LogP contribution in [0.2, 0.25) is 0 Å². The summed E-state index contributed by atoms with van der Waals surface area (Å²) in [5.74, 6) is -1.90. The molecule has 6 nitrogen and oxygen atoms in total. The molecule has 1 aliphatic rings. The molecule has 0 aliphatic carbocycles. The van der Waals surface area contributed by atoms with Crippen molar-refractivity contribution in [2.24, 2.45) is 0 Å². The van der Waals surface area contributed by atoms with Crippen LogP contribution in [-0.4, -0.2) is 58.9 Å². The maximum atomic E-state index is 13.0. The highest BCUT2D eigenvalue weighted by molar-refractivity contribution is 6.46. The number of hydrogen-bond acceptors (Lipinski definition) is 5. The zero-order valence-electron chi connectivity index (χ0n) is 17.4. The van der Waals surface area contributed by atoms with Crippen molar-refractivity contribution in [2.75, 3.05) is 27.2 Å². The number of likely N-dealkylation sites (N-methyl/N-ethyl adjacent to an activating group) is 1. The maximum Gasteiger partial charge on any atom is 0.295 e. The molecule has 0 spiro atoms. The third-order valence-electron chi connectivity index (χ3n) is 5.60. The summed E-state index contributed by atoms with van der Waals surface area (Å²) in [4.78, 5) is 29.3. The summed E-state index contributed by atoms with van der Waals surface area (Å²) in [7, 11) is 3.78. The fourth-order valence-electron chi connectivity index (χ4n) is 3.99. The Morgan fingerprint density at radius 2 is 1.65 bits per heavy atom. The van der Waals surface area contributed by atoms with Crippen LogP contribution in [0.25, 0.3) is 16.5 Å². The van der Waals surface area contributed by atoms with Gasteiger partial charge in [0.25, 0.3) is 11.7 Å². The molecule has 1 aliphatic heterocycles. The Bertz CT molecular complexity index is 1180. The third kappa shape index (κ3) is 3.66. The molecule has 1 fully saturated rings. The Balaban J connectivity index is 1.90. The second-order valence-electron chi connectivity index (χ2n) is 7.89. The lowest BCUT2D eigenvalue weighted by Gasteiger charge is -2.26.